The van der Waals surface area contributed by atoms with Gasteiger partial charge in [0, 0.05) is 41.4 Å². The molecule has 1 saturated carbocycles. The summed E-state index contributed by atoms with van der Waals surface area (Å²) in [5.74, 6) is 1.23. The third kappa shape index (κ3) is 3.66. The summed E-state index contributed by atoms with van der Waals surface area (Å²) in [6.07, 6.45) is 9.51. The first-order valence-electron chi connectivity index (χ1n) is 7.64. The van der Waals surface area contributed by atoms with E-state index in [2.05, 4.69) is 45.3 Å². The van der Waals surface area contributed by atoms with Crippen LogP contribution >= 0.6 is 11.8 Å². The fraction of sp³-hybridized carbons (Fsp3) is 0.500. The maximum atomic E-state index is 4.19. The molecule has 1 aliphatic carbocycles. The molecule has 4 nitrogen and oxygen atoms in total. The molecule has 0 unspecified atom stereocenters. The Labute approximate surface area is 130 Å². The topological polar surface area (TPSA) is 53.6 Å². The summed E-state index contributed by atoms with van der Waals surface area (Å²) in [4.78, 5) is 4.18. The fourth-order valence-corrected chi connectivity index (χ4v) is 4.12. The summed E-state index contributed by atoms with van der Waals surface area (Å²) >= 11 is 2.10. The Hall–Kier alpha value is -1.33. The molecule has 1 aliphatic rings. The SMILES string of the molecule is CCS[C@@H]1CC[C@@H](NCc2cn[nH]c2-c2cccnc2)C1. The van der Waals surface area contributed by atoms with Crippen molar-refractivity contribution in [3.05, 3.63) is 36.3 Å². The maximum Gasteiger partial charge on any atom is 0.0710 e. The molecule has 0 aliphatic heterocycles. The summed E-state index contributed by atoms with van der Waals surface area (Å²) in [5.41, 5.74) is 3.39. The molecule has 0 amide bonds. The molecule has 2 aromatic heterocycles. The number of aromatic amines is 1. The molecule has 2 aromatic rings. The lowest BCUT2D eigenvalue weighted by Gasteiger charge is -2.13. The average Bonchev–Trinajstić information content (AvgIpc) is 3.15. The molecule has 112 valence electrons. The summed E-state index contributed by atoms with van der Waals surface area (Å²) in [6.45, 7) is 3.12. The van der Waals surface area contributed by atoms with E-state index < -0.39 is 0 Å². The third-order valence-corrected chi connectivity index (χ3v) is 5.27. The predicted octanol–water partition coefficient (Wildman–Crippen LogP) is 3.24. The Morgan fingerprint density at radius 1 is 1.38 bits per heavy atom. The van der Waals surface area contributed by atoms with Gasteiger partial charge in [-0.2, -0.15) is 16.9 Å². The zero-order chi connectivity index (χ0) is 14.5. The molecule has 3 rings (SSSR count). The van der Waals surface area contributed by atoms with Crippen LogP contribution in [0.1, 0.15) is 31.7 Å². The summed E-state index contributed by atoms with van der Waals surface area (Å²) < 4.78 is 0. The number of rotatable bonds is 6. The van der Waals surface area contributed by atoms with E-state index in [0.717, 1.165) is 23.1 Å². The third-order valence-electron chi connectivity index (χ3n) is 4.04. The van der Waals surface area contributed by atoms with Gasteiger partial charge in [-0.05, 0) is 37.1 Å². The fourth-order valence-electron chi connectivity index (χ4n) is 2.97. The number of nitrogens with one attached hydrogen (secondary N) is 2. The lowest BCUT2D eigenvalue weighted by Crippen LogP contribution is -2.26. The first kappa shape index (κ1) is 14.6. The molecule has 2 N–H and O–H groups in total. The number of aromatic nitrogens is 3. The molecular formula is C16H22N4S. The van der Waals surface area contributed by atoms with Crippen LogP contribution in [0.15, 0.2) is 30.7 Å². The van der Waals surface area contributed by atoms with Gasteiger partial charge in [-0.25, -0.2) is 0 Å². The van der Waals surface area contributed by atoms with Crippen LogP contribution in [-0.4, -0.2) is 32.2 Å². The van der Waals surface area contributed by atoms with Gasteiger partial charge in [0.25, 0.3) is 0 Å². The first-order valence-corrected chi connectivity index (χ1v) is 8.69. The molecule has 5 heteroatoms. The second-order valence-corrected chi connectivity index (χ2v) is 7.06. The van der Waals surface area contributed by atoms with Gasteiger partial charge in [-0.15, -0.1) is 0 Å². The summed E-state index contributed by atoms with van der Waals surface area (Å²) in [5, 5.41) is 11.8. The van der Waals surface area contributed by atoms with Gasteiger partial charge >= 0.3 is 0 Å². The highest BCUT2D eigenvalue weighted by Gasteiger charge is 2.24. The van der Waals surface area contributed by atoms with E-state index in [1.165, 1.54) is 30.6 Å². The van der Waals surface area contributed by atoms with Crippen molar-refractivity contribution in [2.45, 2.75) is 44.0 Å². The first-order chi connectivity index (χ1) is 10.4. The molecular weight excluding hydrogens is 280 g/mol. The number of hydrogen-bond donors (Lipinski definition) is 2. The highest BCUT2D eigenvalue weighted by Crippen LogP contribution is 2.30. The largest absolute Gasteiger partial charge is 0.310 e. The normalized spacial score (nSPS) is 21.8. The molecule has 2 heterocycles. The van der Waals surface area contributed by atoms with Crippen molar-refractivity contribution < 1.29 is 0 Å². The Balaban J connectivity index is 1.59. The van der Waals surface area contributed by atoms with Crippen LogP contribution < -0.4 is 5.32 Å². The van der Waals surface area contributed by atoms with Crippen molar-refractivity contribution in [3.8, 4) is 11.3 Å². The molecule has 21 heavy (non-hydrogen) atoms. The minimum absolute atomic E-state index is 0.644. The van der Waals surface area contributed by atoms with E-state index in [-0.39, 0.29) is 0 Å². The van der Waals surface area contributed by atoms with Gasteiger partial charge in [0.15, 0.2) is 0 Å². The van der Waals surface area contributed by atoms with Gasteiger partial charge in [0.1, 0.15) is 0 Å². The maximum absolute atomic E-state index is 4.19. The van der Waals surface area contributed by atoms with E-state index in [0.29, 0.717) is 6.04 Å². The van der Waals surface area contributed by atoms with Crippen molar-refractivity contribution >= 4 is 11.8 Å². The second-order valence-electron chi connectivity index (χ2n) is 5.48. The van der Waals surface area contributed by atoms with E-state index in [1.807, 2.05) is 18.5 Å². The van der Waals surface area contributed by atoms with Crippen LogP contribution in [0.3, 0.4) is 0 Å². The summed E-state index contributed by atoms with van der Waals surface area (Å²) in [7, 11) is 0. The average molecular weight is 302 g/mol. The zero-order valence-corrected chi connectivity index (χ0v) is 13.2. The standard InChI is InChI=1S/C16H22N4S/c1-2-21-15-6-5-14(8-15)18-10-13-11-19-20-16(13)12-4-3-7-17-9-12/h3-4,7,9,11,14-15,18H,2,5-6,8,10H2,1H3,(H,19,20)/t14-,15-/m1/s1. The number of pyridine rings is 1. The molecule has 0 aromatic carbocycles. The minimum atomic E-state index is 0.644. The molecule has 0 spiro atoms. The van der Waals surface area contributed by atoms with Crippen molar-refractivity contribution in [2.24, 2.45) is 0 Å². The monoisotopic (exact) mass is 302 g/mol. The van der Waals surface area contributed by atoms with Gasteiger partial charge in [-0.1, -0.05) is 6.92 Å². The predicted molar refractivity (Wildman–Crippen MR) is 88.2 cm³/mol. The molecule has 0 radical (unpaired) electrons. The van der Waals surface area contributed by atoms with Crippen molar-refractivity contribution in [2.75, 3.05) is 5.75 Å². The zero-order valence-electron chi connectivity index (χ0n) is 12.4. The van der Waals surface area contributed by atoms with Crippen LogP contribution in [0.4, 0.5) is 0 Å². The van der Waals surface area contributed by atoms with Gasteiger partial charge in [0.05, 0.1) is 11.9 Å². The number of thioether (sulfide) groups is 1. The highest BCUT2D eigenvalue weighted by atomic mass is 32.2. The molecule has 2 atom stereocenters. The molecule has 0 saturated heterocycles. The quantitative estimate of drug-likeness (QED) is 0.860. The molecule has 0 bridgehead atoms. The number of nitrogens with zero attached hydrogens (tertiary/aromatic N) is 2. The Kier molecular flexibility index (Phi) is 4.93. The van der Waals surface area contributed by atoms with E-state index >= 15 is 0 Å². The Morgan fingerprint density at radius 2 is 2.33 bits per heavy atom. The van der Waals surface area contributed by atoms with E-state index in [1.54, 1.807) is 6.20 Å². The smallest absolute Gasteiger partial charge is 0.0710 e. The molecule has 1 fully saturated rings. The van der Waals surface area contributed by atoms with E-state index in [4.69, 9.17) is 0 Å². The lowest BCUT2D eigenvalue weighted by atomic mass is 10.1. The van der Waals surface area contributed by atoms with Crippen LogP contribution in [0.2, 0.25) is 0 Å². The summed E-state index contributed by atoms with van der Waals surface area (Å²) in [6, 6.07) is 4.66. The van der Waals surface area contributed by atoms with Crippen LogP contribution in [0.25, 0.3) is 11.3 Å². The van der Waals surface area contributed by atoms with Gasteiger partial charge in [-0.3, -0.25) is 10.1 Å². The number of H-pyrrole nitrogens is 1. The van der Waals surface area contributed by atoms with Crippen molar-refractivity contribution in [1.82, 2.24) is 20.5 Å². The minimum Gasteiger partial charge on any atom is -0.310 e. The lowest BCUT2D eigenvalue weighted by molar-refractivity contribution is 0.525. The Bertz CT molecular complexity index is 554. The van der Waals surface area contributed by atoms with Gasteiger partial charge < -0.3 is 5.32 Å². The Morgan fingerprint density at radius 3 is 3.14 bits per heavy atom. The van der Waals surface area contributed by atoms with Crippen LogP contribution in [0.5, 0.6) is 0 Å². The highest BCUT2D eigenvalue weighted by molar-refractivity contribution is 7.99. The van der Waals surface area contributed by atoms with Gasteiger partial charge in [0.2, 0.25) is 0 Å². The van der Waals surface area contributed by atoms with E-state index in [9.17, 15) is 0 Å². The van der Waals surface area contributed by atoms with Crippen molar-refractivity contribution in [1.29, 1.82) is 0 Å². The van der Waals surface area contributed by atoms with Crippen molar-refractivity contribution in [3.63, 3.8) is 0 Å². The van der Waals surface area contributed by atoms with Crippen LogP contribution in [0, 0.1) is 0 Å². The van der Waals surface area contributed by atoms with Crippen LogP contribution in [-0.2, 0) is 6.54 Å². The second kappa shape index (κ2) is 7.09. The number of hydrogen-bond acceptors (Lipinski definition) is 4.